The maximum absolute atomic E-state index is 5.49. The number of rotatable bonds is 4. The minimum absolute atomic E-state index is 0.522. The molecule has 0 atom stereocenters. The molecule has 0 aliphatic carbocycles. The molecule has 1 heteroatoms. The molecular formula is C13H18O. The van der Waals surface area contributed by atoms with E-state index in [2.05, 4.69) is 32.6 Å². The van der Waals surface area contributed by atoms with E-state index in [4.69, 9.17) is 4.74 Å². The Morgan fingerprint density at radius 2 is 2.07 bits per heavy atom. The second kappa shape index (κ2) is 4.85. The highest BCUT2D eigenvalue weighted by Gasteiger charge is 2.03. The molecule has 0 amide bonds. The largest absolute Gasteiger partial charge is 0.494 e. The van der Waals surface area contributed by atoms with E-state index >= 15 is 0 Å². The molecule has 1 rings (SSSR count). The predicted octanol–water partition coefficient (Wildman–Crippen LogP) is 3.85. The lowest BCUT2D eigenvalue weighted by Gasteiger charge is -2.10. The topological polar surface area (TPSA) is 9.23 Å². The zero-order valence-electron chi connectivity index (χ0n) is 9.21. The van der Waals surface area contributed by atoms with Gasteiger partial charge in [-0.3, -0.25) is 0 Å². The van der Waals surface area contributed by atoms with Gasteiger partial charge in [0.25, 0.3) is 0 Å². The summed E-state index contributed by atoms with van der Waals surface area (Å²) in [5.41, 5.74) is 2.42. The third kappa shape index (κ3) is 2.63. The number of hydrogen-bond acceptors (Lipinski definition) is 1. The second-order valence-corrected chi connectivity index (χ2v) is 3.63. The van der Waals surface area contributed by atoms with Crippen molar-refractivity contribution in [3.63, 3.8) is 0 Å². The van der Waals surface area contributed by atoms with Gasteiger partial charge in [-0.05, 0) is 36.1 Å². The third-order valence-corrected chi connectivity index (χ3v) is 2.16. The van der Waals surface area contributed by atoms with Crippen molar-refractivity contribution in [2.45, 2.75) is 26.7 Å². The average molecular weight is 190 g/mol. The summed E-state index contributed by atoms with van der Waals surface area (Å²) in [6.45, 7) is 10.8. The van der Waals surface area contributed by atoms with Crippen molar-refractivity contribution in [3.05, 3.63) is 35.9 Å². The summed E-state index contributed by atoms with van der Waals surface area (Å²) in [5.74, 6) is 1.46. The van der Waals surface area contributed by atoms with E-state index in [0.29, 0.717) is 12.5 Å². The summed E-state index contributed by atoms with van der Waals surface area (Å²) in [4.78, 5) is 0. The molecule has 1 nitrogen and oxygen atoms in total. The zero-order valence-corrected chi connectivity index (χ0v) is 9.21. The van der Waals surface area contributed by atoms with Crippen LogP contribution in [0.2, 0.25) is 0 Å². The first-order valence-corrected chi connectivity index (χ1v) is 5.07. The molecule has 0 fully saturated rings. The Bertz CT molecular complexity index is 313. The molecule has 76 valence electrons. The molecule has 1 aromatic rings. The van der Waals surface area contributed by atoms with E-state index < -0.39 is 0 Å². The third-order valence-electron chi connectivity index (χ3n) is 2.16. The van der Waals surface area contributed by atoms with Crippen LogP contribution in [0.15, 0.2) is 24.8 Å². The molecule has 0 saturated carbocycles. The van der Waals surface area contributed by atoms with E-state index in [9.17, 15) is 0 Å². The van der Waals surface area contributed by atoms with E-state index in [1.54, 1.807) is 0 Å². The minimum Gasteiger partial charge on any atom is -0.494 e. The van der Waals surface area contributed by atoms with Gasteiger partial charge in [0.15, 0.2) is 0 Å². The van der Waals surface area contributed by atoms with E-state index in [1.807, 2.05) is 19.1 Å². The molecular weight excluding hydrogens is 172 g/mol. The summed E-state index contributed by atoms with van der Waals surface area (Å²) in [6.07, 6.45) is 1.86. The molecule has 0 aliphatic rings. The Morgan fingerprint density at radius 3 is 2.57 bits per heavy atom. The van der Waals surface area contributed by atoms with Crippen LogP contribution in [-0.2, 0) is 0 Å². The van der Waals surface area contributed by atoms with Crippen molar-refractivity contribution in [2.75, 3.05) is 6.61 Å². The Labute approximate surface area is 86.4 Å². The van der Waals surface area contributed by atoms with Crippen LogP contribution in [0.1, 0.15) is 37.8 Å². The first-order valence-electron chi connectivity index (χ1n) is 5.07. The van der Waals surface area contributed by atoms with Crippen molar-refractivity contribution in [1.82, 2.24) is 0 Å². The van der Waals surface area contributed by atoms with Crippen molar-refractivity contribution in [3.8, 4) is 5.75 Å². The zero-order chi connectivity index (χ0) is 10.6. The summed E-state index contributed by atoms with van der Waals surface area (Å²) in [7, 11) is 0. The maximum atomic E-state index is 5.49. The summed E-state index contributed by atoms with van der Waals surface area (Å²) in [5, 5.41) is 0. The quantitative estimate of drug-likeness (QED) is 0.700. The highest BCUT2D eigenvalue weighted by atomic mass is 16.5. The molecule has 0 N–H and O–H groups in total. The van der Waals surface area contributed by atoms with Gasteiger partial charge in [-0.15, -0.1) is 0 Å². The van der Waals surface area contributed by atoms with Gasteiger partial charge in [0.1, 0.15) is 5.75 Å². The number of ether oxygens (including phenoxy) is 1. The van der Waals surface area contributed by atoms with Gasteiger partial charge in [0.05, 0.1) is 6.61 Å². The monoisotopic (exact) mass is 190 g/mol. The standard InChI is InChI=1S/C13H18O/c1-5-11-7-12(10(3)4)9-13(8-11)14-6-2/h5,7-10H,1,6H2,2-4H3. The lowest BCUT2D eigenvalue weighted by Crippen LogP contribution is -1.95. The van der Waals surface area contributed by atoms with E-state index in [0.717, 1.165) is 11.3 Å². The van der Waals surface area contributed by atoms with Gasteiger partial charge >= 0.3 is 0 Å². The first kappa shape index (κ1) is 10.8. The van der Waals surface area contributed by atoms with Gasteiger partial charge in [0, 0.05) is 0 Å². The van der Waals surface area contributed by atoms with Crippen LogP contribution in [0.3, 0.4) is 0 Å². The summed E-state index contributed by atoms with van der Waals surface area (Å²) in [6, 6.07) is 6.27. The molecule has 0 radical (unpaired) electrons. The molecule has 1 aromatic carbocycles. The van der Waals surface area contributed by atoms with Gasteiger partial charge < -0.3 is 4.74 Å². The van der Waals surface area contributed by atoms with Gasteiger partial charge in [-0.25, -0.2) is 0 Å². The van der Waals surface area contributed by atoms with Crippen molar-refractivity contribution < 1.29 is 4.74 Å². The lowest BCUT2D eigenvalue weighted by atomic mass is 10.0. The fraction of sp³-hybridized carbons (Fsp3) is 0.385. The number of hydrogen-bond donors (Lipinski definition) is 0. The van der Waals surface area contributed by atoms with Crippen LogP contribution >= 0.6 is 0 Å². The van der Waals surface area contributed by atoms with Crippen LogP contribution in [0, 0.1) is 0 Å². The summed E-state index contributed by atoms with van der Waals surface area (Å²) >= 11 is 0. The van der Waals surface area contributed by atoms with Crippen molar-refractivity contribution in [1.29, 1.82) is 0 Å². The Kier molecular flexibility index (Phi) is 3.75. The summed E-state index contributed by atoms with van der Waals surface area (Å²) < 4.78 is 5.49. The Balaban J connectivity index is 3.06. The Hall–Kier alpha value is -1.24. The molecule has 0 unspecified atom stereocenters. The van der Waals surface area contributed by atoms with Crippen LogP contribution < -0.4 is 4.74 Å². The molecule has 0 bridgehead atoms. The van der Waals surface area contributed by atoms with Crippen LogP contribution in [0.25, 0.3) is 6.08 Å². The van der Waals surface area contributed by atoms with Crippen molar-refractivity contribution in [2.24, 2.45) is 0 Å². The second-order valence-electron chi connectivity index (χ2n) is 3.63. The van der Waals surface area contributed by atoms with Gasteiger partial charge in [-0.2, -0.15) is 0 Å². The molecule has 0 aromatic heterocycles. The highest BCUT2D eigenvalue weighted by molar-refractivity contribution is 5.52. The minimum atomic E-state index is 0.522. The van der Waals surface area contributed by atoms with E-state index in [-0.39, 0.29) is 0 Å². The van der Waals surface area contributed by atoms with Crippen LogP contribution in [0.5, 0.6) is 5.75 Å². The maximum Gasteiger partial charge on any atom is 0.120 e. The molecule has 0 aliphatic heterocycles. The molecule has 0 saturated heterocycles. The average Bonchev–Trinajstić information content (AvgIpc) is 2.17. The van der Waals surface area contributed by atoms with E-state index in [1.165, 1.54) is 5.56 Å². The fourth-order valence-electron chi connectivity index (χ4n) is 1.35. The van der Waals surface area contributed by atoms with Crippen molar-refractivity contribution >= 4 is 6.08 Å². The molecule has 0 spiro atoms. The SMILES string of the molecule is C=Cc1cc(OCC)cc(C(C)C)c1. The smallest absolute Gasteiger partial charge is 0.120 e. The molecule has 0 heterocycles. The Morgan fingerprint density at radius 1 is 1.36 bits per heavy atom. The first-order chi connectivity index (χ1) is 6.67. The van der Waals surface area contributed by atoms with Crippen LogP contribution in [0.4, 0.5) is 0 Å². The van der Waals surface area contributed by atoms with Gasteiger partial charge in [-0.1, -0.05) is 32.6 Å². The predicted molar refractivity (Wildman–Crippen MR) is 61.8 cm³/mol. The normalized spacial score (nSPS) is 10.3. The highest BCUT2D eigenvalue weighted by Crippen LogP contribution is 2.23. The van der Waals surface area contributed by atoms with Crippen LogP contribution in [-0.4, -0.2) is 6.61 Å². The lowest BCUT2D eigenvalue weighted by molar-refractivity contribution is 0.339. The van der Waals surface area contributed by atoms with Gasteiger partial charge in [0.2, 0.25) is 0 Å². The number of benzene rings is 1. The molecule has 14 heavy (non-hydrogen) atoms. The fourth-order valence-corrected chi connectivity index (χ4v) is 1.35.